The van der Waals surface area contributed by atoms with Crippen molar-refractivity contribution in [3.8, 4) is 0 Å². The van der Waals surface area contributed by atoms with Gasteiger partial charge in [-0.25, -0.2) is 9.48 Å². The molecule has 0 bridgehead atoms. The molecule has 3 rings (SSSR count). The Morgan fingerprint density at radius 3 is 2.95 bits per heavy atom. The van der Waals surface area contributed by atoms with Crippen LogP contribution in [0, 0.1) is 0 Å². The predicted molar refractivity (Wildman–Crippen MR) is 78.4 cm³/mol. The molecule has 1 unspecified atom stereocenters. The average molecular weight is 289 g/mol. The third-order valence-electron chi connectivity index (χ3n) is 4.13. The number of rotatable bonds is 3. The minimum absolute atomic E-state index is 0.254. The zero-order valence-electron chi connectivity index (χ0n) is 12.2. The lowest BCUT2D eigenvalue weighted by molar-refractivity contribution is 0.0697. The number of likely N-dealkylation sites (N-methyl/N-ethyl adjacent to an activating group) is 2. The Bertz CT molecular complexity index is 668. The van der Waals surface area contributed by atoms with Crippen LogP contribution >= 0.6 is 0 Å². The maximum atomic E-state index is 11.4. The van der Waals surface area contributed by atoms with Crippen LogP contribution in [0.2, 0.25) is 0 Å². The lowest BCUT2D eigenvalue weighted by Crippen LogP contribution is -2.51. The van der Waals surface area contributed by atoms with Crippen molar-refractivity contribution >= 4 is 17.0 Å². The van der Waals surface area contributed by atoms with Gasteiger partial charge in [0.2, 0.25) is 0 Å². The lowest BCUT2D eigenvalue weighted by atomic mass is 10.1. The van der Waals surface area contributed by atoms with E-state index in [1.807, 2.05) is 0 Å². The summed E-state index contributed by atoms with van der Waals surface area (Å²) in [5, 5.41) is 17.6. The number of para-hydroxylation sites is 1. The van der Waals surface area contributed by atoms with Crippen LogP contribution < -0.4 is 0 Å². The number of hydrogen-bond donors (Lipinski definition) is 1. The highest BCUT2D eigenvalue weighted by atomic mass is 16.4. The van der Waals surface area contributed by atoms with Crippen molar-refractivity contribution in [2.45, 2.75) is 12.6 Å². The number of aromatic carboxylic acids is 1. The number of hydrogen-bond acceptors (Lipinski definition) is 5. The van der Waals surface area contributed by atoms with E-state index in [0.717, 1.165) is 19.6 Å². The fourth-order valence-corrected chi connectivity index (χ4v) is 2.83. The molecule has 112 valence electrons. The molecule has 1 aliphatic rings. The van der Waals surface area contributed by atoms with Gasteiger partial charge in [-0.05, 0) is 26.2 Å². The van der Waals surface area contributed by atoms with Crippen LogP contribution in [0.3, 0.4) is 0 Å². The van der Waals surface area contributed by atoms with Gasteiger partial charge in [0, 0.05) is 25.7 Å². The monoisotopic (exact) mass is 289 g/mol. The number of nitrogens with zero attached hydrogens (tertiary/aromatic N) is 5. The Labute approximate surface area is 122 Å². The number of carboxylic acids is 1. The summed E-state index contributed by atoms with van der Waals surface area (Å²) in [5.41, 5.74) is 1.48. The van der Waals surface area contributed by atoms with Crippen molar-refractivity contribution in [1.29, 1.82) is 0 Å². The van der Waals surface area contributed by atoms with E-state index in [-0.39, 0.29) is 5.56 Å². The Balaban J connectivity index is 1.95. The second-order valence-corrected chi connectivity index (χ2v) is 5.65. The van der Waals surface area contributed by atoms with Crippen LogP contribution in [0.15, 0.2) is 18.2 Å². The number of aromatic nitrogens is 3. The molecule has 0 aliphatic carbocycles. The maximum Gasteiger partial charge on any atom is 0.337 e. The summed E-state index contributed by atoms with van der Waals surface area (Å²) in [4.78, 5) is 16.0. The molecule has 1 aliphatic heterocycles. The smallest absolute Gasteiger partial charge is 0.337 e. The van der Waals surface area contributed by atoms with Gasteiger partial charge in [0.25, 0.3) is 0 Å². The third kappa shape index (κ3) is 2.62. The van der Waals surface area contributed by atoms with Crippen molar-refractivity contribution < 1.29 is 9.90 Å². The average Bonchev–Trinajstić information content (AvgIpc) is 2.86. The standard InChI is InChI=1S/C14H19N5O2/c1-17-6-7-18(2)10(8-17)9-19-13-11(14(20)21)4-3-5-12(13)15-16-19/h3-5,10H,6-9H2,1-2H3,(H,20,21). The molecule has 1 fully saturated rings. The first kappa shape index (κ1) is 14.0. The molecule has 1 atom stereocenters. The van der Waals surface area contributed by atoms with Gasteiger partial charge in [-0.2, -0.15) is 0 Å². The predicted octanol–water partition coefficient (Wildman–Crippen LogP) is 0.375. The van der Waals surface area contributed by atoms with Crippen LogP contribution in [0.4, 0.5) is 0 Å². The molecule has 1 N–H and O–H groups in total. The zero-order chi connectivity index (χ0) is 15.0. The Kier molecular flexibility index (Phi) is 3.60. The summed E-state index contributed by atoms with van der Waals surface area (Å²) in [5.74, 6) is -0.946. The molecule has 7 nitrogen and oxygen atoms in total. The highest BCUT2D eigenvalue weighted by molar-refractivity contribution is 6.00. The van der Waals surface area contributed by atoms with Gasteiger partial charge in [0.15, 0.2) is 0 Å². The van der Waals surface area contributed by atoms with Gasteiger partial charge in [0.1, 0.15) is 11.0 Å². The number of carbonyl (C=O) groups is 1. The molecule has 1 aromatic carbocycles. The highest BCUT2D eigenvalue weighted by Crippen LogP contribution is 2.18. The first-order valence-electron chi connectivity index (χ1n) is 7.00. The van der Waals surface area contributed by atoms with Crippen molar-refractivity contribution in [1.82, 2.24) is 24.8 Å². The van der Waals surface area contributed by atoms with E-state index >= 15 is 0 Å². The molecule has 21 heavy (non-hydrogen) atoms. The summed E-state index contributed by atoms with van der Waals surface area (Å²) in [6.45, 7) is 3.62. The topological polar surface area (TPSA) is 74.5 Å². The second kappa shape index (κ2) is 5.42. The normalized spacial score (nSPS) is 21.0. The molecule has 2 aromatic rings. The van der Waals surface area contributed by atoms with Gasteiger partial charge in [0.05, 0.1) is 12.1 Å². The molecule has 2 heterocycles. The van der Waals surface area contributed by atoms with E-state index in [4.69, 9.17) is 0 Å². The first-order valence-corrected chi connectivity index (χ1v) is 7.00. The fourth-order valence-electron chi connectivity index (χ4n) is 2.83. The van der Waals surface area contributed by atoms with Crippen LogP contribution in [-0.4, -0.2) is 75.6 Å². The SMILES string of the molecule is CN1CCN(C)C(Cn2nnc3cccc(C(=O)O)c32)C1. The van der Waals surface area contributed by atoms with Crippen LogP contribution in [0.5, 0.6) is 0 Å². The van der Waals surface area contributed by atoms with Gasteiger partial charge in [-0.1, -0.05) is 11.3 Å². The van der Waals surface area contributed by atoms with Crippen LogP contribution in [0.1, 0.15) is 10.4 Å². The van der Waals surface area contributed by atoms with Gasteiger partial charge in [-0.3, -0.25) is 4.90 Å². The molecule has 7 heteroatoms. The molecule has 0 saturated carbocycles. The van der Waals surface area contributed by atoms with E-state index in [2.05, 4.69) is 34.2 Å². The van der Waals surface area contributed by atoms with Gasteiger partial charge < -0.3 is 10.0 Å². The molecule has 1 aromatic heterocycles. The summed E-state index contributed by atoms with van der Waals surface area (Å²) in [7, 11) is 4.19. The van der Waals surface area contributed by atoms with Gasteiger partial charge in [-0.15, -0.1) is 5.10 Å². The van der Waals surface area contributed by atoms with E-state index in [9.17, 15) is 9.90 Å². The minimum Gasteiger partial charge on any atom is -0.478 e. The molecule has 0 amide bonds. The molecule has 0 spiro atoms. The third-order valence-corrected chi connectivity index (χ3v) is 4.13. The lowest BCUT2D eigenvalue weighted by Gasteiger charge is -2.37. The maximum absolute atomic E-state index is 11.4. The number of benzene rings is 1. The fraction of sp³-hybridized carbons (Fsp3) is 0.500. The number of fused-ring (bicyclic) bond motifs is 1. The first-order chi connectivity index (χ1) is 10.1. The number of piperazine rings is 1. The van der Waals surface area contributed by atoms with Crippen molar-refractivity contribution in [2.75, 3.05) is 33.7 Å². The summed E-state index contributed by atoms with van der Waals surface area (Å²) < 4.78 is 1.72. The van der Waals surface area contributed by atoms with E-state index in [1.165, 1.54) is 0 Å². The van der Waals surface area contributed by atoms with E-state index < -0.39 is 5.97 Å². The van der Waals surface area contributed by atoms with Crippen molar-refractivity contribution in [3.05, 3.63) is 23.8 Å². The summed E-state index contributed by atoms with van der Waals surface area (Å²) in [6, 6.07) is 5.39. The molecular weight excluding hydrogens is 270 g/mol. The van der Waals surface area contributed by atoms with Crippen molar-refractivity contribution in [3.63, 3.8) is 0 Å². The van der Waals surface area contributed by atoms with E-state index in [1.54, 1.807) is 22.9 Å². The number of carboxylic acid groups (broad SMARTS) is 1. The van der Waals surface area contributed by atoms with Crippen LogP contribution in [-0.2, 0) is 6.54 Å². The quantitative estimate of drug-likeness (QED) is 0.880. The van der Waals surface area contributed by atoms with Crippen molar-refractivity contribution in [2.24, 2.45) is 0 Å². The molecule has 0 radical (unpaired) electrons. The Hall–Kier alpha value is -1.99. The van der Waals surface area contributed by atoms with Crippen LogP contribution in [0.25, 0.3) is 11.0 Å². The Morgan fingerprint density at radius 2 is 2.19 bits per heavy atom. The second-order valence-electron chi connectivity index (χ2n) is 5.65. The molecule has 1 saturated heterocycles. The highest BCUT2D eigenvalue weighted by Gasteiger charge is 2.24. The molecular formula is C14H19N5O2. The minimum atomic E-state index is -0.946. The van der Waals surface area contributed by atoms with E-state index in [0.29, 0.717) is 23.6 Å². The Morgan fingerprint density at radius 1 is 1.38 bits per heavy atom. The zero-order valence-corrected chi connectivity index (χ0v) is 12.2. The summed E-state index contributed by atoms with van der Waals surface area (Å²) in [6.07, 6.45) is 0. The largest absolute Gasteiger partial charge is 0.478 e. The summed E-state index contributed by atoms with van der Waals surface area (Å²) >= 11 is 0. The van der Waals surface area contributed by atoms with Gasteiger partial charge >= 0.3 is 5.97 Å².